The number of hydrogen-bond acceptors (Lipinski definition) is 5. The maximum atomic E-state index is 13.3. The highest BCUT2D eigenvalue weighted by Crippen LogP contribution is 2.21. The van der Waals surface area contributed by atoms with Crippen molar-refractivity contribution in [3.8, 4) is 0 Å². The van der Waals surface area contributed by atoms with Gasteiger partial charge in [0, 0.05) is 23.5 Å². The van der Waals surface area contributed by atoms with Gasteiger partial charge >= 0.3 is 5.69 Å². The summed E-state index contributed by atoms with van der Waals surface area (Å²) in [7, 11) is 0. The Morgan fingerprint density at radius 3 is 2.79 bits per heavy atom. The molecule has 2 aromatic rings. The zero-order chi connectivity index (χ0) is 17.7. The van der Waals surface area contributed by atoms with Crippen LogP contribution in [0, 0.1) is 15.9 Å². The van der Waals surface area contributed by atoms with E-state index in [-0.39, 0.29) is 17.8 Å². The summed E-state index contributed by atoms with van der Waals surface area (Å²) in [6.07, 6.45) is 2.79. The lowest BCUT2D eigenvalue weighted by Gasteiger charge is -2.08. The monoisotopic (exact) mass is 334 g/mol. The van der Waals surface area contributed by atoms with Crippen LogP contribution in [0.4, 0.5) is 15.8 Å². The Labute approximate surface area is 136 Å². The third-order valence-corrected chi connectivity index (χ3v) is 3.18. The molecule has 0 saturated heterocycles. The molecule has 0 atom stereocenters. The Bertz CT molecular complexity index is 834. The lowest BCUT2D eigenvalue weighted by Crippen LogP contribution is -2.27. The van der Waals surface area contributed by atoms with Gasteiger partial charge in [-0.25, -0.2) is 4.98 Å². The van der Waals surface area contributed by atoms with Gasteiger partial charge in [-0.1, -0.05) is 13.3 Å². The zero-order valence-electron chi connectivity index (χ0n) is 12.9. The van der Waals surface area contributed by atoms with Crippen molar-refractivity contribution in [2.45, 2.75) is 26.3 Å². The van der Waals surface area contributed by atoms with Crippen molar-refractivity contribution in [3.63, 3.8) is 0 Å². The molecule has 0 unspecified atom stereocenters. The second kappa shape index (κ2) is 7.44. The molecule has 9 heteroatoms. The third-order valence-electron chi connectivity index (χ3n) is 3.18. The van der Waals surface area contributed by atoms with Gasteiger partial charge in [0.2, 0.25) is 11.7 Å². The fourth-order valence-electron chi connectivity index (χ4n) is 2.06. The minimum Gasteiger partial charge on any atom is -0.324 e. The van der Waals surface area contributed by atoms with Gasteiger partial charge in [0.15, 0.2) is 0 Å². The molecule has 1 aromatic carbocycles. The van der Waals surface area contributed by atoms with Crippen molar-refractivity contribution in [1.29, 1.82) is 0 Å². The van der Waals surface area contributed by atoms with Crippen LogP contribution in [0.1, 0.15) is 19.0 Å². The fourth-order valence-corrected chi connectivity index (χ4v) is 2.06. The Balaban J connectivity index is 2.10. The quantitative estimate of drug-likeness (QED) is 0.641. The van der Waals surface area contributed by atoms with E-state index in [1.54, 1.807) is 0 Å². The van der Waals surface area contributed by atoms with Gasteiger partial charge in [0.1, 0.15) is 6.54 Å². The van der Waals surface area contributed by atoms with Crippen LogP contribution in [-0.2, 0) is 17.8 Å². The highest BCUT2D eigenvalue weighted by atomic mass is 19.1. The number of aryl methyl sites for hydroxylation is 1. The first-order chi connectivity index (χ1) is 11.4. The Morgan fingerprint density at radius 2 is 2.17 bits per heavy atom. The van der Waals surface area contributed by atoms with Crippen molar-refractivity contribution in [3.05, 3.63) is 62.6 Å². The molecule has 24 heavy (non-hydrogen) atoms. The molecular formula is C15H15FN4O4. The van der Waals surface area contributed by atoms with E-state index in [9.17, 15) is 24.1 Å². The summed E-state index contributed by atoms with van der Waals surface area (Å²) >= 11 is 0. The molecule has 0 radical (unpaired) electrons. The number of carbonyl (C=O) groups excluding carboxylic acids is 1. The van der Waals surface area contributed by atoms with Crippen molar-refractivity contribution >= 4 is 17.3 Å². The molecule has 1 amide bonds. The first-order valence-corrected chi connectivity index (χ1v) is 7.20. The summed E-state index contributed by atoms with van der Waals surface area (Å²) in [6, 6.07) is 4.37. The van der Waals surface area contributed by atoms with Crippen LogP contribution in [0.3, 0.4) is 0 Å². The standard InChI is InChI=1S/C15H15FN4O4/c1-2-3-10-7-15(22)19(9-17-10)8-14(21)18-11-4-5-12(16)13(6-11)20(23)24/h4-7,9H,2-3,8H2,1H3,(H,18,21). The molecule has 1 aromatic heterocycles. The first kappa shape index (κ1) is 17.3. The Kier molecular flexibility index (Phi) is 5.35. The summed E-state index contributed by atoms with van der Waals surface area (Å²) in [4.78, 5) is 37.7. The molecule has 2 rings (SSSR count). The minimum atomic E-state index is -0.995. The van der Waals surface area contributed by atoms with E-state index < -0.39 is 22.3 Å². The number of nitrogens with one attached hydrogen (secondary N) is 1. The van der Waals surface area contributed by atoms with E-state index in [2.05, 4.69) is 10.3 Å². The molecule has 0 fully saturated rings. The van der Waals surface area contributed by atoms with Gasteiger partial charge in [-0.2, -0.15) is 4.39 Å². The summed E-state index contributed by atoms with van der Waals surface area (Å²) in [5.41, 5.74) is -0.394. The van der Waals surface area contributed by atoms with Crippen LogP contribution in [-0.4, -0.2) is 20.4 Å². The average Bonchev–Trinajstić information content (AvgIpc) is 2.52. The zero-order valence-corrected chi connectivity index (χ0v) is 12.9. The molecular weight excluding hydrogens is 319 g/mol. The average molecular weight is 334 g/mol. The van der Waals surface area contributed by atoms with Crippen molar-refractivity contribution in [2.24, 2.45) is 0 Å². The maximum absolute atomic E-state index is 13.3. The van der Waals surface area contributed by atoms with Gasteiger partial charge in [-0.3, -0.25) is 24.3 Å². The molecule has 8 nitrogen and oxygen atoms in total. The van der Waals surface area contributed by atoms with E-state index in [0.29, 0.717) is 12.1 Å². The summed E-state index contributed by atoms with van der Waals surface area (Å²) in [5, 5.41) is 13.1. The number of amides is 1. The summed E-state index contributed by atoms with van der Waals surface area (Å²) in [6.45, 7) is 1.66. The molecule has 0 aliphatic heterocycles. The number of nitro benzene ring substituents is 1. The van der Waals surface area contributed by atoms with Gasteiger partial charge in [-0.15, -0.1) is 0 Å². The van der Waals surface area contributed by atoms with E-state index in [1.165, 1.54) is 18.5 Å². The van der Waals surface area contributed by atoms with E-state index in [0.717, 1.165) is 23.1 Å². The lowest BCUT2D eigenvalue weighted by molar-refractivity contribution is -0.387. The largest absolute Gasteiger partial charge is 0.324 e. The van der Waals surface area contributed by atoms with Gasteiger partial charge in [-0.05, 0) is 18.6 Å². The number of hydrogen-bond donors (Lipinski definition) is 1. The van der Waals surface area contributed by atoms with Crippen molar-refractivity contribution < 1.29 is 14.1 Å². The number of aromatic nitrogens is 2. The normalized spacial score (nSPS) is 10.4. The molecule has 126 valence electrons. The molecule has 0 aliphatic carbocycles. The van der Waals surface area contributed by atoms with Crippen LogP contribution in [0.2, 0.25) is 0 Å². The van der Waals surface area contributed by atoms with Crippen molar-refractivity contribution in [1.82, 2.24) is 9.55 Å². The van der Waals surface area contributed by atoms with Crippen molar-refractivity contribution in [2.75, 3.05) is 5.32 Å². The number of anilines is 1. The molecule has 0 bridgehead atoms. The second-order valence-corrected chi connectivity index (χ2v) is 5.07. The van der Waals surface area contributed by atoms with E-state index >= 15 is 0 Å². The number of rotatable bonds is 6. The van der Waals surface area contributed by atoms with E-state index in [4.69, 9.17) is 0 Å². The van der Waals surface area contributed by atoms with Gasteiger partial charge in [0.25, 0.3) is 5.56 Å². The highest BCUT2D eigenvalue weighted by molar-refractivity contribution is 5.90. The molecule has 0 saturated carbocycles. The molecule has 0 aliphatic rings. The SMILES string of the molecule is CCCc1cc(=O)n(CC(=O)Nc2ccc(F)c([N+](=O)[O-])c2)cn1. The third kappa shape index (κ3) is 4.22. The Hall–Kier alpha value is -3.10. The van der Waals surface area contributed by atoms with Gasteiger partial charge in [0.05, 0.1) is 11.3 Å². The fraction of sp³-hybridized carbons (Fsp3) is 0.267. The van der Waals surface area contributed by atoms with Crippen LogP contribution in [0.15, 0.2) is 35.4 Å². The van der Waals surface area contributed by atoms with Crippen LogP contribution < -0.4 is 10.9 Å². The number of nitrogens with zero attached hydrogens (tertiary/aromatic N) is 3. The van der Waals surface area contributed by atoms with Crippen LogP contribution in [0.5, 0.6) is 0 Å². The predicted molar refractivity (Wildman–Crippen MR) is 84.2 cm³/mol. The van der Waals surface area contributed by atoms with Crippen LogP contribution >= 0.6 is 0 Å². The van der Waals surface area contributed by atoms with Gasteiger partial charge < -0.3 is 5.32 Å². The lowest BCUT2D eigenvalue weighted by atomic mass is 10.2. The number of carbonyl (C=O) groups is 1. The number of halogens is 1. The molecule has 1 heterocycles. The highest BCUT2D eigenvalue weighted by Gasteiger charge is 2.15. The topological polar surface area (TPSA) is 107 Å². The smallest absolute Gasteiger partial charge is 0.306 e. The van der Waals surface area contributed by atoms with Crippen LogP contribution in [0.25, 0.3) is 0 Å². The number of nitro groups is 1. The predicted octanol–water partition coefficient (Wildman–Crippen LogP) is 1.88. The minimum absolute atomic E-state index is 0.0664. The second-order valence-electron chi connectivity index (χ2n) is 5.07. The first-order valence-electron chi connectivity index (χ1n) is 7.20. The summed E-state index contributed by atoms with van der Waals surface area (Å²) < 4.78 is 14.4. The number of benzene rings is 1. The Morgan fingerprint density at radius 1 is 1.42 bits per heavy atom. The molecule has 1 N–H and O–H groups in total. The summed E-state index contributed by atoms with van der Waals surface area (Å²) in [5.74, 6) is -1.58. The van der Waals surface area contributed by atoms with E-state index in [1.807, 2.05) is 6.92 Å². The molecule has 0 spiro atoms. The maximum Gasteiger partial charge on any atom is 0.306 e.